The molecule has 1 saturated heterocycles. The first kappa shape index (κ1) is 21.0. The molecule has 2 rings (SSSR count). The molecule has 0 bridgehead atoms. The van der Waals surface area contributed by atoms with Crippen LogP contribution in [0.2, 0.25) is 0 Å². The van der Waals surface area contributed by atoms with Crippen molar-refractivity contribution in [2.45, 2.75) is 90.1 Å². The largest absolute Gasteiger partial charge is 0.491 e. The molecule has 146 valence electrons. The van der Waals surface area contributed by atoms with Crippen molar-refractivity contribution in [1.82, 2.24) is 0 Å². The minimum atomic E-state index is 0.320. The van der Waals surface area contributed by atoms with Crippen molar-refractivity contribution in [1.29, 1.82) is 0 Å². The Balaban J connectivity index is 1.40. The van der Waals surface area contributed by atoms with Crippen LogP contribution in [0, 0.1) is 0 Å². The summed E-state index contributed by atoms with van der Waals surface area (Å²) in [4.78, 5) is 0. The third-order valence-electron chi connectivity index (χ3n) is 5.00. The Hall–Kier alpha value is -1.28. The van der Waals surface area contributed by atoms with Crippen molar-refractivity contribution < 1.29 is 9.47 Å². The van der Waals surface area contributed by atoms with Gasteiger partial charge in [-0.05, 0) is 30.5 Å². The molecule has 1 aromatic rings. The summed E-state index contributed by atoms with van der Waals surface area (Å²) in [5, 5.41) is 0. The zero-order valence-electron chi connectivity index (χ0n) is 16.8. The van der Waals surface area contributed by atoms with Gasteiger partial charge in [-0.3, -0.25) is 0 Å². The summed E-state index contributed by atoms with van der Waals surface area (Å²) in [6, 6.07) is 8.34. The first-order valence-corrected chi connectivity index (χ1v) is 10.9. The molecule has 1 aliphatic heterocycles. The Morgan fingerprint density at radius 1 is 0.885 bits per heavy atom. The third-order valence-corrected chi connectivity index (χ3v) is 5.00. The number of allylic oxidation sites excluding steroid dienone is 1. The van der Waals surface area contributed by atoms with E-state index in [1.165, 1.54) is 82.6 Å². The van der Waals surface area contributed by atoms with Gasteiger partial charge in [0.1, 0.15) is 18.5 Å². The minimum absolute atomic E-state index is 0.320. The second-order valence-corrected chi connectivity index (χ2v) is 7.56. The highest BCUT2D eigenvalue weighted by atomic mass is 16.6. The van der Waals surface area contributed by atoms with Crippen molar-refractivity contribution in [3.8, 4) is 5.75 Å². The second kappa shape index (κ2) is 13.9. The standard InChI is InChI=1S/C24H38O2/c1-2-3-4-5-6-7-8-9-10-11-12-13-14-15-22-16-18-23(19-17-22)25-20-24-21-26-24/h14-19,24H,2-13,20-21H2,1H3/b15-14+. The maximum Gasteiger partial charge on any atom is 0.119 e. The van der Waals surface area contributed by atoms with Gasteiger partial charge >= 0.3 is 0 Å². The van der Waals surface area contributed by atoms with Crippen LogP contribution < -0.4 is 4.74 Å². The van der Waals surface area contributed by atoms with Gasteiger partial charge in [-0.15, -0.1) is 0 Å². The second-order valence-electron chi connectivity index (χ2n) is 7.56. The number of hydrogen-bond acceptors (Lipinski definition) is 2. The lowest BCUT2D eigenvalue weighted by Crippen LogP contribution is -2.03. The van der Waals surface area contributed by atoms with Gasteiger partial charge in [0.25, 0.3) is 0 Å². The normalized spacial score (nSPS) is 16.3. The SMILES string of the molecule is CCCCCCCCCCCCC/C=C/c1ccc(OCC2CO2)cc1. The monoisotopic (exact) mass is 358 g/mol. The topological polar surface area (TPSA) is 21.8 Å². The number of epoxide rings is 1. The summed E-state index contributed by atoms with van der Waals surface area (Å²) in [7, 11) is 0. The van der Waals surface area contributed by atoms with Crippen LogP contribution in [0.1, 0.15) is 89.5 Å². The number of benzene rings is 1. The summed E-state index contributed by atoms with van der Waals surface area (Å²) in [6.45, 7) is 3.81. The molecule has 2 heteroatoms. The van der Waals surface area contributed by atoms with Gasteiger partial charge in [-0.25, -0.2) is 0 Å². The molecular formula is C24H38O2. The van der Waals surface area contributed by atoms with E-state index in [0.717, 1.165) is 12.4 Å². The smallest absolute Gasteiger partial charge is 0.119 e. The Kier molecular flexibility index (Phi) is 11.2. The van der Waals surface area contributed by atoms with E-state index in [-0.39, 0.29) is 0 Å². The molecule has 2 nitrogen and oxygen atoms in total. The minimum Gasteiger partial charge on any atom is -0.491 e. The van der Waals surface area contributed by atoms with Gasteiger partial charge in [-0.2, -0.15) is 0 Å². The van der Waals surface area contributed by atoms with Gasteiger partial charge < -0.3 is 9.47 Å². The summed E-state index contributed by atoms with van der Waals surface area (Å²) in [5.41, 5.74) is 1.25. The molecule has 0 N–H and O–H groups in total. The van der Waals surface area contributed by atoms with Crippen LogP contribution in [0.3, 0.4) is 0 Å². The Labute approximate surface area is 161 Å². The molecule has 0 aliphatic carbocycles. The predicted molar refractivity (Wildman–Crippen MR) is 112 cm³/mol. The van der Waals surface area contributed by atoms with Crippen LogP contribution in [0.4, 0.5) is 0 Å². The van der Waals surface area contributed by atoms with E-state index in [1.54, 1.807) is 0 Å². The summed E-state index contributed by atoms with van der Waals surface area (Å²) in [5.74, 6) is 0.933. The van der Waals surface area contributed by atoms with Gasteiger partial charge in [0.05, 0.1) is 6.61 Å². The van der Waals surface area contributed by atoms with Gasteiger partial charge in [-0.1, -0.05) is 95.4 Å². The Morgan fingerprint density at radius 2 is 1.46 bits per heavy atom. The molecule has 0 saturated carbocycles. The third kappa shape index (κ3) is 10.7. The maximum absolute atomic E-state index is 5.66. The molecule has 1 unspecified atom stereocenters. The van der Waals surface area contributed by atoms with Crippen molar-refractivity contribution in [2.75, 3.05) is 13.2 Å². The molecule has 1 aliphatic rings. The van der Waals surface area contributed by atoms with Gasteiger partial charge in [0, 0.05) is 0 Å². The van der Waals surface area contributed by atoms with Crippen LogP contribution in [0.5, 0.6) is 5.75 Å². The molecule has 0 radical (unpaired) electrons. The van der Waals surface area contributed by atoms with Crippen LogP contribution in [-0.2, 0) is 4.74 Å². The highest BCUT2D eigenvalue weighted by Crippen LogP contribution is 2.17. The van der Waals surface area contributed by atoms with E-state index in [4.69, 9.17) is 9.47 Å². The molecular weight excluding hydrogens is 320 g/mol. The highest BCUT2D eigenvalue weighted by Gasteiger charge is 2.22. The first-order chi connectivity index (χ1) is 12.9. The van der Waals surface area contributed by atoms with Gasteiger partial charge in [0.2, 0.25) is 0 Å². The zero-order chi connectivity index (χ0) is 18.3. The lowest BCUT2D eigenvalue weighted by atomic mass is 10.1. The molecule has 0 spiro atoms. The van der Waals surface area contributed by atoms with Crippen LogP contribution in [0.15, 0.2) is 30.3 Å². The predicted octanol–water partition coefficient (Wildman–Crippen LogP) is 7.18. The van der Waals surface area contributed by atoms with Crippen LogP contribution in [0.25, 0.3) is 6.08 Å². The zero-order valence-corrected chi connectivity index (χ0v) is 16.8. The van der Waals surface area contributed by atoms with E-state index in [2.05, 4.69) is 31.2 Å². The summed E-state index contributed by atoms with van der Waals surface area (Å²) >= 11 is 0. The van der Waals surface area contributed by atoms with Crippen molar-refractivity contribution in [2.24, 2.45) is 0 Å². The number of rotatable bonds is 16. The fourth-order valence-corrected chi connectivity index (χ4v) is 3.17. The quantitative estimate of drug-likeness (QED) is 0.230. The molecule has 0 amide bonds. The highest BCUT2D eigenvalue weighted by molar-refractivity contribution is 5.50. The van der Waals surface area contributed by atoms with E-state index in [0.29, 0.717) is 12.7 Å². The molecule has 1 aromatic carbocycles. The maximum atomic E-state index is 5.66. The summed E-state index contributed by atoms with van der Waals surface area (Å²) in [6.07, 6.45) is 21.5. The Bertz CT molecular complexity index is 473. The Morgan fingerprint density at radius 3 is 2.04 bits per heavy atom. The van der Waals surface area contributed by atoms with Crippen molar-refractivity contribution in [3.63, 3.8) is 0 Å². The molecule has 1 atom stereocenters. The van der Waals surface area contributed by atoms with E-state index in [1.807, 2.05) is 12.1 Å². The van der Waals surface area contributed by atoms with E-state index in [9.17, 15) is 0 Å². The number of ether oxygens (including phenoxy) is 2. The molecule has 1 heterocycles. The molecule has 0 aromatic heterocycles. The van der Waals surface area contributed by atoms with Gasteiger partial charge in [0.15, 0.2) is 0 Å². The number of unbranched alkanes of at least 4 members (excludes halogenated alkanes) is 11. The van der Waals surface area contributed by atoms with Crippen molar-refractivity contribution in [3.05, 3.63) is 35.9 Å². The summed E-state index contributed by atoms with van der Waals surface area (Å²) < 4.78 is 10.8. The molecule has 1 fully saturated rings. The molecule has 26 heavy (non-hydrogen) atoms. The van der Waals surface area contributed by atoms with E-state index < -0.39 is 0 Å². The first-order valence-electron chi connectivity index (χ1n) is 10.9. The fraction of sp³-hybridized carbons (Fsp3) is 0.667. The van der Waals surface area contributed by atoms with Crippen molar-refractivity contribution >= 4 is 6.08 Å². The number of hydrogen-bond donors (Lipinski definition) is 0. The average Bonchev–Trinajstić information content (AvgIpc) is 3.49. The fourth-order valence-electron chi connectivity index (χ4n) is 3.17. The van der Waals surface area contributed by atoms with E-state index >= 15 is 0 Å². The van der Waals surface area contributed by atoms with Crippen LogP contribution in [-0.4, -0.2) is 19.3 Å². The lowest BCUT2D eigenvalue weighted by molar-refractivity contribution is 0.263. The van der Waals surface area contributed by atoms with Crippen LogP contribution >= 0.6 is 0 Å². The average molecular weight is 359 g/mol. The lowest BCUT2D eigenvalue weighted by Gasteiger charge is -2.04.